The quantitative estimate of drug-likeness (QED) is 0.509. The van der Waals surface area contributed by atoms with Crippen molar-refractivity contribution in [2.75, 3.05) is 18.9 Å². The van der Waals surface area contributed by atoms with Crippen LogP contribution in [0.3, 0.4) is 0 Å². The lowest BCUT2D eigenvalue weighted by molar-refractivity contribution is 0.0960. The number of hydrogen-bond acceptors (Lipinski definition) is 6. The molecule has 8 nitrogen and oxygen atoms in total. The summed E-state index contributed by atoms with van der Waals surface area (Å²) in [6, 6.07) is 6.90. The number of benzene rings is 2. The van der Waals surface area contributed by atoms with E-state index in [1.165, 1.54) is 26.3 Å². The van der Waals surface area contributed by atoms with Gasteiger partial charge in [0.05, 0.1) is 34.3 Å². The van der Waals surface area contributed by atoms with Crippen molar-refractivity contribution in [3.05, 3.63) is 45.7 Å². The highest BCUT2D eigenvalue weighted by Gasteiger charge is 2.40. The second-order valence-electron chi connectivity index (χ2n) is 7.07. The van der Waals surface area contributed by atoms with Crippen LogP contribution in [0.25, 0.3) is 0 Å². The van der Waals surface area contributed by atoms with Gasteiger partial charge < -0.3 is 15.2 Å². The van der Waals surface area contributed by atoms with Gasteiger partial charge in [0.15, 0.2) is 5.75 Å². The number of anilines is 1. The Morgan fingerprint density at radius 2 is 2.00 bits per heavy atom. The van der Waals surface area contributed by atoms with Gasteiger partial charge >= 0.3 is 0 Å². The van der Waals surface area contributed by atoms with E-state index in [1.807, 2.05) is 0 Å². The van der Waals surface area contributed by atoms with Crippen LogP contribution in [0.1, 0.15) is 35.2 Å². The molecule has 0 radical (unpaired) electrons. The molecule has 1 amide bonds. The second-order valence-corrected chi connectivity index (χ2v) is 9.57. The summed E-state index contributed by atoms with van der Waals surface area (Å²) >= 11 is 2.94. The second kappa shape index (κ2) is 8.36. The van der Waals surface area contributed by atoms with Crippen LogP contribution < -0.4 is 14.8 Å². The Kier molecular flexibility index (Phi) is 6.16. The lowest BCUT2D eigenvalue weighted by Gasteiger charge is -2.36. The topological polar surface area (TPSA) is 129 Å². The van der Waals surface area contributed by atoms with Crippen molar-refractivity contribution in [1.82, 2.24) is 5.32 Å². The number of ether oxygens (including phenoxy) is 1. The SMILES string of the molecule is CNC(=O)c1cc(C2(C#N)CCC2)cc(NS(=O)(=O)c2cc(Br)c(F)cc2OC)c1O. The van der Waals surface area contributed by atoms with Crippen LogP contribution in [0, 0.1) is 17.1 Å². The first-order valence-corrected chi connectivity index (χ1v) is 11.4. The first-order chi connectivity index (χ1) is 14.6. The average molecular weight is 512 g/mol. The highest BCUT2D eigenvalue weighted by molar-refractivity contribution is 9.10. The largest absolute Gasteiger partial charge is 0.505 e. The molecule has 0 saturated heterocycles. The average Bonchev–Trinajstić information content (AvgIpc) is 2.70. The molecule has 1 aliphatic rings. The summed E-state index contributed by atoms with van der Waals surface area (Å²) in [7, 11) is -1.82. The normalized spacial score (nSPS) is 14.8. The van der Waals surface area contributed by atoms with Gasteiger partial charge in [0.1, 0.15) is 16.5 Å². The van der Waals surface area contributed by atoms with E-state index in [4.69, 9.17) is 4.74 Å². The summed E-state index contributed by atoms with van der Waals surface area (Å²) in [6.07, 6.45) is 1.91. The van der Waals surface area contributed by atoms with E-state index < -0.39 is 32.9 Å². The zero-order valence-electron chi connectivity index (χ0n) is 16.6. The van der Waals surface area contributed by atoms with Crippen molar-refractivity contribution < 1.29 is 27.4 Å². The van der Waals surface area contributed by atoms with E-state index in [0.717, 1.165) is 18.6 Å². The fourth-order valence-electron chi connectivity index (χ4n) is 3.37. The van der Waals surface area contributed by atoms with Crippen LogP contribution in [0.5, 0.6) is 11.5 Å². The number of nitrogens with zero attached hydrogens (tertiary/aromatic N) is 1. The molecule has 3 N–H and O–H groups in total. The number of sulfonamides is 1. The molecule has 0 aromatic heterocycles. The maximum Gasteiger partial charge on any atom is 0.265 e. The lowest BCUT2D eigenvalue weighted by atomic mass is 9.65. The Bertz CT molecular complexity index is 1210. The molecule has 2 aromatic carbocycles. The van der Waals surface area contributed by atoms with Crippen molar-refractivity contribution >= 4 is 37.5 Å². The number of methoxy groups -OCH3 is 1. The van der Waals surface area contributed by atoms with E-state index in [-0.39, 0.29) is 26.4 Å². The molecule has 1 saturated carbocycles. The number of carbonyl (C=O) groups excluding carboxylic acids is 1. The van der Waals surface area contributed by atoms with Crippen molar-refractivity contribution in [1.29, 1.82) is 5.26 Å². The van der Waals surface area contributed by atoms with Gasteiger partial charge in [0, 0.05) is 13.1 Å². The molecule has 11 heteroatoms. The molecule has 3 rings (SSSR count). The van der Waals surface area contributed by atoms with E-state index >= 15 is 0 Å². The monoisotopic (exact) mass is 511 g/mol. The van der Waals surface area contributed by atoms with Crippen LogP contribution in [-0.2, 0) is 15.4 Å². The summed E-state index contributed by atoms with van der Waals surface area (Å²) in [4.78, 5) is 11.9. The molecule has 1 aliphatic carbocycles. The maximum absolute atomic E-state index is 13.8. The van der Waals surface area contributed by atoms with Gasteiger partial charge in [0.25, 0.3) is 15.9 Å². The zero-order chi connectivity index (χ0) is 23.0. The molecule has 0 atom stereocenters. The van der Waals surface area contributed by atoms with Gasteiger partial charge in [-0.05, 0) is 59.0 Å². The van der Waals surface area contributed by atoms with E-state index in [9.17, 15) is 28.0 Å². The van der Waals surface area contributed by atoms with Gasteiger partial charge in [-0.15, -0.1) is 0 Å². The molecule has 31 heavy (non-hydrogen) atoms. The summed E-state index contributed by atoms with van der Waals surface area (Å²) in [5.41, 5.74) is -0.901. The standard InChI is InChI=1S/C20H19BrFN3O5S/c1-24-19(27)12-6-11(20(10-23)4-3-5-20)7-15(18(12)26)25-31(28,29)17-8-13(21)14(22)9-16(17)30-2/h6-9,25-26H,3-5H2,1-2H3,(H,24,27). The minimum absolute atomic E-state index is 0.101. The minimum Gasteiger partial charge on any atom is -0.505 e. The number of halogens is 2. The van der Waals surface area contributed by atoms with E-state index in [0.29, 0.717) is 18.4 Å². The van der Waals surface area contributed by atoms with Crippen LogP contribution in [0.4, 0.5) is 10.1 Å². The Hall–Kier alpha value is -2.84. The van der Waals surface area contributed by atoms with E-state index in [1.54, 1.807) is 0 Å². The zero-order valence-corrected chi connectivity index (χ0v) is 19.0. The molecule has 2 aromatic rings. The number of amides is 1. The van der Waals surface area contributed by atoms with Crippen LogP contribution in [0.15, 0.2) is 33.6 Å². The molecule has 0 bridgehead atoms. The molecule has 1 fully saturated rings. The van der Waals surface area contributed by atoms with Gasteiger partial charge in [-0.25, -0.2) is 12.8 Å². The van der Waals surface area contributed by atoms with E-state index in [2.05, 4.69) is 32.0 Å². The molecule has 0 spiro atoms. The van der Waals surface area contributed by atoms with Crippen LogP contribution in [-0.4, -0.2) is 33.6 Å². The smallest absolute Gasteiger partial charge is 0.265 e. The minimum atomic E-state index is -4.37. The number of rotatable bonds is 6. The highest BCUT2D eigenvalue weighted by atomic mass is 79.9. The molecular formula is C20H19BrFN3O5S. The van der Waals surface area contributed by atoms with Gasteiger partial charge in [-0.3, -0.25) is 9.52 Å². The third-order valence-corrected chi connectivity index (χ3v) is 7.29. The number of aromatic hydroxyl groups is 1. The lowest BCUT2D eigenvalue weighted by Crippen LogP contribution is -2.33. The fourth-order valence-corrected chi connectivity index (χ4v) is 5.10. The Morgan fingerprint density at radius 3 is 2.52 bits per heavy atom. The third kappa shape index (κ3) is 4.05. The Balaban J connectivity index is 2.16. The van der Waals surface area contributed by atoms with Crippen LogP contribution in [0.2, 0.25) is 0 Å². The number of hydrogen-bond donors (Lipinski definition) is 3. The predicted molar refractivity (Wildman–Crippen MR) is 114 cm³/mol. The first kappa shape index (κ1) is 22.8. The van der Waals surface area contributed by atoms with Crippen molar-refractivity contribution in [2.24, 2.45) is 0 Å². The number of phenols is 1. The summed E-state index contributed by atoms with van der Waals surface area (Å²) in [6.45, 7) is 0. The highest BCUT2D eigenvalue weighted by Crippen LogP contribution is 2.46. The van der Waals surface area contributed by atoms with Crippen LogP contribution >= 0.6 is 15.9 Å². The Morgan fingerprint density at radius 1 is 1.32 bits per heavy atom. The van der Waals surface area contributed by atoms with Gasteiger partial charge in [0.2, 0.25) is 0 Å². The molecule has 164 valence electrons. The van der Waals surface area contributed by atoms with Gasteiger partial charge in [-0.1, -0.05) is 0 Å². The van der Waals surface area contributed by atoms with Gasteiger partial charge in [-0.2, -0.15) is 5.26 Å². The molecular weight excluding hydrogens is 493 g/mol. The third-order valence-electron chi connectivity index (χ3n) is 5.30. The number of carbonyl (C=O) groups is 1. The van der Waals surface area contributed by atoms with Crippen molar-refractivity contribution in [3.8, 4) is 17.6 Å². The Labute approximate surface area is 187 Å². The number of nitriles is 1. The van der Waals surface area contributed by atoms with Crippen molar-refractivity contribution in [2.45, 2.75) is 29.6 Å². The fraction of sp³-hybridized carbons (Fsp3) is 0.300. The molecule has 0 heterocycles. The number of phenolic OH excluding ortho intramolecular Hbond substituents is 1. The predicted octanol–water partition coefficient (Wildman–Crippen LogP) is 3.41. The van der Waals surface area contributed by atoms with Crippen molar-refractivity contribution in [3.63, 3.8) is 0 Å². The molecule has 0 aliphatic heterocycles. The number of nitrogens with one attached hydrogen (secondary N) is 2. The first-order valence-electron chi connectivity index (χ1n) is 9.15. The summed E-state index contributed by atoms with van der Waals surface area (Å²) in [5.74, 6) is -2.21. The maximum atomic E-state index is 13.8. The molecule has 0 unspecified atom stereocenters. The summed E-state index contributed by atoms with van der Waals surface area (Å²) < 4.78 is 47.0. The summed E-state index contributed by atoms with van der Waals surface area (Å²) in [5, 5.41) is 22.7.